The summed E-state index contributed by atoms with van der Waals surface area (Å²) in [6.07, 6.45) is 4.25. The molecule has 2 aromatic rings. The van der Waals surface area contributed by atoms with Crippen molar-refractivity contribution in [1.29, 1.82) is 0 Å². The third kappa shape index (κ3) is 3.59. The van der Waals surface area contributed by atoms with Crippen LogP contribution in [0.25, 0.3) is 0 Å². The number of aromatic nitrogens is 3. The van der Waals surface area contributed by atoms with Crippen LogP contribution >= 0.6 is 0 Å². The predicted octanol–water partition coefficient (Wildman–Crippen LogP) is 1.93. The Morgan fingerprint density at radius 1 is 1.35 bits per heavy atom. The van der Waals surface area contributed by atoms with Gasteiger partial charge in [-0.15, -0.1) is 0 Å². The van der Waals surface area contributed by atoms with Crippen molar-refractivity contribution >= 4 is 11.9 Å². The van der Waals surface area contributed by atoms with Gasteiger partial charge in [0.1, 0.15) is 0 Å². The quantitative estimate of drug-likeness (QED) is 0.828. The molecule has 0 saturated heterocycles. The summed E-state index contributed by atoms with van der Waals surface area (Å²) in [5.74, 6) is 1.04. The van der Waals surface area contributed by atoms with Gasteiger partial charge in [-0.1, -0.05) is 6.92 Å². The van der Waals surface area contributed by atoms with Crippen LogP contribution in [0, 0.1) is 0 Å². The second-order valence-corrected chi connectivity index (χ2v) is 4.33. The predicted molar refractivity (Wildman–Crippen MR) is 76.0 cm³/mol. The minimum absolute atomic E-state index is 0.334. The van der Waals surface area contributed by atoms with Crippen molar-refractivity contribution in [2.24, 2.45) is 0 Å². The van der Waals surface area contributed by atoms with Gasteiger partial charge in [-0.25, -0.2) is 0 Å². The zero-order valence-corrected chi connectivity index (χ0v) is 12.0. The lowest BCUT2D eigenvalue weighted by Gasteiger charge is -2.17. The SMILES string of the molecule is CCCOc1nc(NC)nc(N(C)Cc2ccoc2)n1. The van der Waals surface area contributed by atoms with E-state index in [4.69, 9.17) is 9.15 Å². The number of anilines is 2. The Morgan fingerprint density at radius 2 is 2.20 bits per heavy atom. The Hall–Kier alpha value is -2.31. The minimum atomic E-state index is 0.334. The van der Waals surface area contributed by atoms with Crippen molar-refractivity contribution in [3.8, 4) is 6.01 Å². The average Bonchev–Trinajstić information content (AvgIpc) is 2.97. The molecule has 7 nitrogen and oxygen atoms in total. The smallest absolute Gasteiger partial charge is 0.323 e. The highest BCUT2D eigenvalue weighted by molar-refractivity contribution is 5.38. The topological polar surface area (TPSA) is 76.3 Å². The van der Waals surface area contributed by atoms with Crippen LogP contribution in [-0.2, 0) is 6.54 Å². The average molecular weight is 277 g/mol. The standard InChI is InChI=1S/C13H19N5O2/c1-4-6-20-13-16-11(14-2)15-12(17-13)18(3)8-10-5-7-19-9-10/h5,7,9H,4,6,8H2,1-3H3,(H,14,15,16,17). The van der Waals surface area contributed by atoms with Crippen LogP contribution in [-0.4, -0.2) is 35.7 Å². The number of furan rings is 1. The van der Waals surface area contributed by atoms with Crippen molar-refractivity contribution in [1.82, 2.24) is 15.0 Å². The summed E-state index contributed by atoms with van der Waals surface area (Å²) in [6.45, 7) is 3.26. The van der Waals surface area contributed by atoms with E-state index in [9.17, 15) is 0 Å². The second kappa shape index (κ2) is 6.74. The lowest BCUT2D eigenvalue weighted by molar-refractivity contribution is 0.292. The number of ether oxygens (including phenoxy) is 1. The van der Waals surface area contributed by atoms with Gasteiger partial charge in [0.15, 0.2) is 0 Å². The monoisotopic (exact) mass is 277 g/mol. The fourth-order valence-electron chi connectivity index (χ4n) is 1.61. The van der Waals surface area contributed by atoms with Gasteiger partial charge in [-0.2, -0.15) is 15.0 Å². The summed E-state index contributed by atoms with van der Waals surface area (Å²) in [4.78, 5) is 14.7. The summed E-state index contributed by atoms with van der Waals surface area (Å²) in [6, 6.07) is 2.24. The molecule has 0 aliphatic carbocycles. The molecule has 1 N–H and O–H groups in total. The molecule has 108 valence electrons. The summed E-state index contributed by atoms with van der Waals surface area (Å²) < 4.78 is 10.5. The molecule has 0 saturated carbocycles. The zero-order chi connectivity index (χ0) is 14.4. The molecule has 0 amide bonds. The molecule has 20 heavy (non-hydrogen) atoms. The number of rotatable bonds is 7. The summed E-state index contributed by atoms with van der Waals surface area (Å²) in [5.41, 5.74) is 1.05. The van der Waals surface area contributed by atoms with E-state index in [0.717, 1.165) is 12.0 Å². The Morgan fingerprint density at radius 3 is 2.85 bits per heavy atom. The Balaban J connectivity index is 2.16. The Kier molecular flexibility index (Phi) is 4.75. The van der Waals surface area contributed by atoms with E-state index in [0.29, 0.717) is 31.1 Å². The first-order chi connectivity index (χ1) is 9.72. The Bertz CT molecular complexity index is 530. The summed E-state index contributed by atoms with van der Waals surface area (Å²) >= 11 is 0. The lowest BCUT2D eigenvalue weighted by atomic mass is 10.3. The molecule has 0 aliphatic heterocycles. The first-order valence-corrected chi connectivity index (χ1v) is 6.51. The zero-order valence-electron chi connectivity index (χ0n) is 12.0. The van der Waals surface area contributed by atoms with Crippen LogP contribution in [0.4, 0.5) is 11.9 Å². The molecular weight excluding hydrogens is 258 g/mol. The molecule has 0 aromatic carbocycles. The molecule has 0 bridgehead atoms. The number of hydrogen-bond acceptors (Lipinski definition) is 7. The fourth-order valence-corrected chi connectivity index (χ4v) is 1.61. The van der Waals surface area contributed by atoms with Crippen molar-refractivity contribution in [3.05, 3.63) is 24.2 Å². The minimum Gasteiger partial charge on any atom is -0.472 e. The fraction of sp³-hybridized carbons (Fsp3) is 0.462. The van der Waals surface area contributed by atoms with Gasteiger partial charge in [-0.3, -0.25) is 0 Å². The van der Waals surface area contributed by atoms with Crippen molar-refractivity contribution < 1.29 is 9.15 Å². The largest absolute Gasteiger partial charge is 0.472 e. The summed E-state index contributed by atoms with van der Waals surface area (Å²) in [7, 11) is 3.67. The third-order valence-corrected chi connectivity index (χ3v) is 2.60. The molecule has 0 radical (unpaired) electrons. The van der Waals surface area contributed by atoms with Crippen LogP contribution in [0.3, 0.4) is 0 Å². The maximum Gasteiger partial charge on any atom is 0.323 e. The Labute approximate surface area is 118 Å². The van der Waals surface area contributed by atoms with E-state index in [1.807, 2.05) is 24.9 Å². The molecule has 0 fully saturated rings. The molecule has 0 unspecified atom stereocenters. The molecule has 7 heteroatoms. The molecule has 2 rings (SSSR count). The molecular formula is C13H19N5O2. The molecule has 2 heterocycles. The van der Waals surface area contributed by atoms with E-state index in [1.54, 1.807) is 19.6 Å². The van der Waals surface area contributed by atoms with E-state index in [-0.39, 0.29) is 0 Å². The maximum absolute atomic E-state index is 5.48. The van der Waals surface area contributed by atoms with Gasteiger partial charge in [0.2, 0.25) is 11.9 Å². The van der Waals surface area contributed by atoms with Crippen LogP contribution in [0.15, 0.2) is 23.0 Å². The van der Waals surface area contributed by atoms with Crippen LogP contribution in [0.5, 0.6) is 6.01 Å². The molecule has 0 atom stereocenters. The summed E-state index contributed by atoms with van der Waals surface area (Å²) in [5, 5.41) is 2.91. The van der Waals surface area contributed by atoms with Gasteiger partial charge >= 0.3 is 6.01 Å². The van der Waals surface area contributed by atoms with Crippen LogP contribution in [0.1, 0.15) is 18.9 Å². The van der Waals surface area contributed by atoms with Gasteiger partial charge in [0.25, 0.3) is 0 Å². The first kappa shape index (κ1) is 14.1. The van der Waals surface area contributed by atoms with E-state index >= 15 is 0 Å². The highest BCUT2D eigenvalue weighted by Gasteiger charge is 2.11. The molecule has 0 aliphatic rings. The molecule has 2 aromatic heterocycles. The van der Waals surface area contributed by atoms with Crippen molar-refractivity contribution in [3.63, 3.8) is 0 Å². The van der Waals surface area contributed by atoms with Gasteiger partial charge in [0, 0.05) is 26.2 Å². The van der Waals surface area contributed by atoms with Crippen LogP contribution < -0.4 is 15.0 Å². The number of nitrogens with one attached hydrogen (secondary N) is 1. The first-order valence-electron chi connectivity index (χ1n) is 6.51. The highest BCUT2D eigenvalue weighted by atomic mass is 16.5. The van der Waals surface area contributed by atoms with E-state index < -0.39 is 0 Å². The maximum atomic E-state index is 5.48. The van der Waals surface area contributed by atoms with Gasteiger partial charge in [0.05, 0.1) is 19.1 Å². The lowest BCUT2D eigenvalue weighted by Crippen LogP contribution is -2.20. The van der Waals surface area contributed by atoms with E-state index in [2.05, 4.69) is 20.3 Å². The van der Waals surface area contributed by atoms with Gasteiger partial charge in [-0.05, 0) is 12.5 Å². The van der Waals surface area contributed by atoms with E-state index in [1.165, 1.54) is 0 Å². The highest BCUT2D eigenvalue weighted by Crippen LogP contribution is 2.16. The normalized spacial score (nSPS) is 10.3. The second-order valence-electron chi connectivity index (χ2n) is 4.33. The third-order valence-electron chi connectivity index (χ3n) is 2.60. The van der Waals surface area contributed by atoms with Crippen LogP contribution in [0.2, 0.25) is 0 Å². The van der Waals surface area contributed by atoms with Crippen molar-refractivity contribution in [2.75, 3.05) is 30.9 Å². The number of nitrogens with zero attached hydrogens (tertiary/aromatic N) is 4. The molecule has 0 spiro atoms. The van der Waals surface area contributed by atoms with Gasteiger partial charge < -0.3 is 19.4 Å². The van der Waals surface area contributed by atoms with Crippen molar-refractivity contribution in [2.45, 2.75) is 19.9 Å². The number of hydrogen-bond donors (Lipinski definition) is 1.